The van der Waals surface area contributed by atoms with E-state index in [4.69, 9.17) is 16.1 Å². The number of nitriles is 1. The van der Waals surface area contributed by atoms with Gasteiger partial charge in [-0.25, -0.2) is 4.79 Å². The molecule has 2 rings (SSSR count). The average Bonchev–Trinajstić information content (AvgIpc) is 2.41. The lowest BCUT2D eigenvalue weighted by Gasteiger charge is -2.08. The van der Waals surface area contributed by atoms with E-state index in [-0.39, 0.29) is 5.56 Å². The fourth-order valence-corrected chi connectivity index (χ4v) is 1.91. The van der Waals surface area contributed by atoms with Crippen LogP contribution in [0, 0.1) is 11.3 Å². The Kier molecular flexibility index (Phi) is 3.48. The van der Waals surface area contributed by atoms with Gasteiger partial charge in [0.25, 0.3) is 0 Å². The van der Waals surface area contributed by atoms with Crippen molar-refractivity contribution in [3.63, 3.8) is 0 Å². The zero-order valence-electron chi connectivity index (χ0n) is 10.1. The highest BCUT2D eigenvalue weighted by Crippen LogP contribution is 2.20. The number of benzene rings is 2. The molecule has 4 heteroatoms. The van der Waals surface area contributed by atoms with Crippen molar-refractivity contribution < 1.29 is 9.90 Å². The highest BCUT2D eigenvalue weighted by Gasteiger charge is 2.10. The van der Waals surface area contributed by atoms with Crippen molar-refractivity contribution in [2.45, 2.75) is 6.42 Å². The normalized spacial score (nSPS) is 9.84. The number of nitrogens with zero attached hydrogens (tertiary/aromatic N) is 1. The second-order valence-electron chi connectivity index (χ2n) is 4.16. The monoisotopic (exact) mass is 252 g/mol. The van der Waals surface area contributed by atoms with Gasteiger partial charge in [0.2, 0.25) is 0 Å². The first-order valence-corrected chi connectivity index (χ1v) is 5.71. The minimum atomic E-state index is -0.956. The largest absolute Gasteiger partial charge is 0.478 e. The Morgan fingerprint density at radius 1 is 1.21 bits per heavy atom. The Labute approximate surface area is 110 Å². The van der Waals surface area contributed by atoms with E-state index >= 15 is 0 Å². The van der Waals surface area contributed by atoms with Gasteiger partial charge in [-0.1, -0.05) is 24.3 Å². The number of hydrogen-bond donors (Lipinski definition) is 2. The first kappa shape index (κ1) is 12.7. The maximum atomic E-state index is 11.1. The van der Waals surface area contributed by atoms with Crippen LogP contribution in [0.5, 0.6) is 0 Å². The van der Waals surface area contributed by atoms with Gasteiger partial charge >= 0.3 is 5.97 Å². The molecule has 0 spiro atoms. The average molecular weight is 252 g/mol. The third-order valence-corrected chi connectivity index (χ3v) is 2.90. The smallest absolute Gasteiger partial charge is 0.335 e. The van der Waals surface area contributed by atoms with Gasteiger partial charge in [0.05, 0.1) is 17.2 Å². The highest BCUT2D eigenvalue weighted by atomic mass is 16.4. The first-order chi connectivity index (χ1) is 9.11. The van der Waals surface area contributed by atoms with Gasteiger partial charge in [-0.3, -0.25) is 0 Å². The van der Waals surface area contributed by atoms with Crippen molar-refractivity contribution in [3.8, 4) is 6.07 Å². The van der Waals surface area contributed by atoms with Crippen LogP contribution >= 0.6 is 0 Å². The molecule has 3 N–H and O–H groups in total. The Balaban J connectivity index is 2.37. The van der Waals surface area contributed by atoms with Crippen molar-refractivity contribution in [1.29, 1.82) is 5.26 Å². The molecule has 0 aliphatic heterocycles. The summed E-state index contributed by atoms with van der Waals surface area (Å²) in [6, 6.07) is 13.9. The van der Waals surface area contributed by atoms with Crippen LogP contribution in [0.4, 0.5) is 5.69 Å². The molecule has 0 fully saturated rings. The maximum Gasteiger partial charge on any atom is 0.335 e. The third-order valence-electron chi connectivity index (χ3n) is 2.90. The van der Waals surface area contributed by atoms with Crippen LogP contribution in [0.15, 0.2) is 42.5 Å². The molecule has 0 unspecified atom stereocenters. The number of aromatic carboxylic acids is 1. The number of carboxylic acids is 1. The molecule has 0 bridgehead atoms. The van der Waals surface area contributed by atoms with Crippen LogP contribution in [0.1, 0.15) is 27.0 Å². The molecule has 0 saturated carbocycles. The molecule has 0 amide bonds. The molecular formula is C15H12N2O2. The summed E-state index contributed by atoms with van der Waals surface area (Å²) in [6.07, 6.45) is 0.431. The van der Waals surface area contributed by atoms with Crippen molar-refractivity contribution in [1.82, 2.24) is 0 Å². The summed E-state index contributed by atoms with van der Waals surface area (Å²) in [5.41, 5.74) is 8.65. The topological polar surface area (TPSA) is 87.1 Å². The van der Waals surface area contributed by atoms with Gasteiger partial charge in [0.1, 0.15) is 0 Å². The molecule has 0 aromatic heterocycles. The Morgan fingerprint density at radius 2 is 1.95 bits per heavy atom. The van der Waals surface area contributed by atoms with Gasteiger partial charge in [-0.2, -0.15) is 5.26 Å². The number of hydrogen-bond acceptors (Lipinski definition) is 3. The number of carbonyl (C=O) groups is 1. The summed E-state index contributed by atoms with van der Waals surface area (Å²) in [5, 5.41) is 17.9. The molecule has 19 heavy (non-hydrogen) atoms. The molecular weight excluding hydrogens is 240 g/mol. The van der Waals surface area contributed by atoms with Crippen LogP contribution < -0.4 is 5.73 Å². The second-order valence-corrected chi connectivity index (χ2v) is 4.16. The lowest BCUT2D eigenvalue weighted by Crippen LogP contribution is -2.04. The Morgan fingerprint density at radius 3 is 2.58 bits per heavy atom. The van der Waals surface area contributed by atoms with Crippen molar-refractivity contribution in [3.05, 3.63) is 64.7 Å². The molecule has 2 aromatic carbocycles. The van der Waals surface area contributed by atoms with E-state index in [0.717, 1.165) is 5.56 Å². The fraction of sp³-hybridized carbons (Fsp3) is 0.0667. The van der Waals surface area contributed by atoms with Crippen LogP contribution in [0.25, 0.3) is 0 Å². The zero-order valence-corrected chi connectivity index (χ0v) is 10.1. The van der Waals surface area contributed by atoms with Gasteiger partial charge < -0.3 is 10.8 Å². The minimum absolute atomic E-state index is 0.270. The van der Waals surface area contributed by atoms with Crippen molar-refractivity contribution >= 4 is 11.7 Å². The van der Waals surface area contributed by atoms with Gasteiger partial charge in [0.15, 0.2) is 0 Å². The van der Waals surface area contributed by atoms with Crippen LogP contribution in [-0.4, -0.2) is 11.1 Å². The van der Waals surface area contributed by atoms with Crippen LogP contribution in [0.2, 0.25) is 0 Å². The van der Waals surface area contributed by atoms with E-state index in [2.05, 4.69) is 0 Å². The molecule has 0 aliphatic carbocycles. The van der Waals surface area contributed by atoms with E-state index in [1.54, 1.807) is 42.5 Å². The summed E-state index contributed by atoms with van der Waals surface area (Å²) < 4.78 is 0. The van der Waals surface area contributed by atoms with Crippen LogP contribution in [-0.2, 0) is 6.42 Å². The first-order valence-electron chi connectivity index (χ1n) is 5.71. The molecule has 0 saturated heterocycles. The summed E-state index contributed by atoms with van der Waals surface area (Å²) >= 11 is 0. The molecule has 94 valence electrons. The molecule has 0 heterocycles. The predicted molar refractivity (Wildman–Crippen MR) is 71.8 cm³/mol. The molecule has 0 radical (unpaired) electrons. The predicted octanol–water partition coefficient (Wildman–Crippen LogP) is 2.43. The summed E-state index contributed by atoms with van der Waals surface area (Å²) in [7, 11) is 0. The van der Waals surface area contributed by atoms with E-state index in [1.807, 2.05) is 6.07 Å². The zero-order chi connectivity index (χ0) is 13.8. The van der Waals surface area contributed by atoms with Gasteiger partial charge in [-0.05, 0) is 29.3 Å². The van der Waals surface area contributed by atoms with Crippen LogP contribution in [0.3, 0.4) is 0 Å². The molecule has 0 aliphatic rings. The van der Waals surface area contributed by atoms with E-state index in [1.165, 1.54) is 0 Å². The summed E-state index contributed by atoms with van der Waals surface area (Å²) in [5.74, 6) is -0.956. The van der Waals surface area contributed by atoms with Crippen molar-refractivity contribution in [2.24, 2.45) is 0 Å². The number of nitrogens with two attached hydrogens (primary N) is 1. The van der Waals surface area contributed by atoms with Gasteiger partial charge in [-0.15, -0.1) is 0 Å². The lowest BCUT2D eigenvalue weighted by molar-refractivity contribution is 0.0696. The minimum Gasteiger partial charge on any atom is -0.478 e. The SMILES string of the molecule is N#Cc1ccc(Cc2ccccc2C(=O)O)c(N)c1. The van der Waals surface area contributed by atoms with E-state index < -0.39 is 5.97 Å². The van der Waals surface area contributed by atoms with Crippen molar-refractivity contribution in [2.75, 3.05) is 5.73 Å². The third kappa shape index (κ3) is 2.72. The number of nitrogen functional groups attached to an aromatic ring is 1. The lowest BCUT2D eigenvalue weighted by atomic mass is 9.98. The number of anilines is 1. The van der Waals surface area contributed by atoms with E-state index in [0.29, 0.717) is 23.2 Å². The molecule has 2 aromatic rings. The Bertz CT molecular complexity index is 672. The molecule has 4 nitrogen and oxygen atoms in total. The van der Waals surface area contributed by atoms with Gasteiger partial charge in [0, 0.05) is 12.1 Å². The van der Waals surface area contributed by atoms with E-state index in [9.17, 15) is 4.79 Å². The molecule has 0 atom stereocenters. The number of carboxylic acid groups (broad SMARTS) is 1. The Hall–Kier alpha value is -2.80. The standard InChI is InChI=1S/C15H12N2O2/c16-9-10-5-6-12(14(17)7-10)8-11-3-1-2-4-13(11)15(18)19/h1-7H,8,17H2,(H,18,19). The maximum absolute atomic E-state index is 11.1. The quantitative estimate of drug-likeness (QED) is 0.821. The second kappa shape index (κ2) is 5.23. The fourth-order valence-electron chi connectivity index (χ4n) is 1.91. The summed E-state index contributed by atoms with van der Waals surface area (Å²) in [4.78, 5) is 11.1. The summed E-state index contributed by atoms with van der Waals surface area (Å²) in [6.45, 7) is 0. The number of rotatable bonds is 3. The highest BCUT2D eigenvalue weighted by molar-refractivity contribution is 5.89.